The molecule has 3 rings (SSSR count). The van der Waals surface area contributed by atoms with Crippen LogP contribution in [0.1, 0.15) is 24.0 Å². The number of aromatic hydroxyl groups is 1. The Morgan fingerprint density at radius 3 is 2.43 bits per heavy atom. The Labute approximate surface area is 124 Å². The first-order chi connectivity index (χ1) is 10.1. The third-order valence-corrected chi connectivity index (χ3v) is 5.17. The molecule has 0 heterocycles. The van der Waals surface area contributed by atoms with Crippen LogP contribution >= 0.6 is 0 Å². The van der Waals surface area contributed by atoms with E-state index in [0.717, 1.165) is 31.2 Å². The van der Waals surface area contributed by atoms with Crippen molar-refractivity contribution in [2.24, 2.45) is 0 Å². The number of hydrogen-bond acceptors (Lipinski definition) is 3. The van der Waals surface area contributed by atoms with Crippen LogP contribution < -0.4 is 4.72 Å². The third-order valence-electron chi connectivity index (χ3n) is 3.79. The van der Waals surface area contributed by atoms with E-state index in [2.05, 4.69) is 10.8 Å². The molecule has 0 fully saturated rings. The third kappa shape index (κ3) is 2.88. The van der Waals surface area contributed by atoms with E-state index < -0.39 is 10.0 Å². The standard InChI is InChI=1S/C16H17NO3S/c18-13-8-10-14(11-9-13)21(19,20)17-16-7-3-5-12-4-1-2-6-15(12)16/h3,5,7-11,17-18H,1-2,4,6H2. The van der Waals surface area contributed by atoms with Crippen molar-refractivity contribution in [1.82, 2.24) is 0 Å². The van der Waals surface area contributed by atoms with Crippen LogP contribution in [0.5, 0.6) is 5.75 Å². The monoisotopic (exact) mass is 303 g/mol. The van der Waals surface area contributed by atoms with E-state index in [1.54, 1.807) is 0 Å². The summed E-state index contributed by atoms with van der Waals surface area (Å²) in [5.41, 5.74) is 3.00. The number of sulfonamides is 1. The summed E-state index contributed by atoms with van der Waals surface area (Å²) in [5.74, 6) is 0.0473. The second-order valence-corrected chi connectivity index (χ2v) is 6.93. The van der Waals surface area contributed by atoms with Crippen molar-refractivity contribution in [1.29, 1.82) is 0 Å². The first kappa shape index (κ1) is 13.9. The minimum Gasteiger partial charge on any atom is -0.508 e. The summed E-state index contributed by atoms with van der Waals surface area (Å²) in [7, 11) is -3.62. The lowest BCUT2D eigenvalue weighted by Crippen LogP contribution is -2.16. The van der Waals surface area contributed by atoms with E-state index in [4.69, 9.17) is 0 Å². The molecule has 110 valence electrons. The average Bonchev–Trinajstić information content (AvgIpc) is 2.48. The topological polar surface area (TPSA) is 66.4 Å². The zero-order chi connectivity index (χ0) is 14.9. The number of aryl methyl sites for hydroxylation is 1. The van der Waals surface area contributed by atoms with Gasteiger partial charge in [-0.2, -0.15) is 0 Å². The molecule has 0 saturated carbocycles. The van der Waals surface area contributed by atoms with Crippen molar-refractivity contribution >= 4 is 15.7 Å². The van der Waals surface area contributed by atoms with Gasteiger partial charge in [0.15, 0.2) is 0 Å². The van der Waals surface area contributed by atoms with Gasteiger partial charge in [-0.25, -0.2) is 8.42 Å². The molecule has 21 heavy (non-hydrogen) atoms. The van der Waals surface area contributed by atoms with Crippen molar-refractivity contribution < 1.29 is 13.5 Å². The summed E-state index contributed by atoms with van der Waals surface area (Å²) >= 11 is 0. The summed E-state index contributed by atoms with van der Waals surface area (Å²) in [6.07, 6.45) is 4.15. The number of anilines is 1. The normalized spacial score (nSPS) is 14.5. The highest BCUT2D eigenvalue weighted by Crippen LogP contribution is 2.29. The maximum Gasteiger partial charge on any atom is 0.261 e. The predicted octanol–water partition coefficient (Wildman–Crippen LogP) is 3.07. The van der Waals surface area contributed by atoms with Crippen LogP contribution in [0.3, 0.4) is 0 Å². The molecule has 0 aromatic heterocycles. The van der Waals surface area contributed by atoms with Crippen molar-refractivity contribution in [3.63, 3.8) is 0 Å². The highest BCUT2D eigenvalue weighted by atomic mass is 32.2. The number of fused-ring (bicyclic) bond motifs is 1. The number of hydrogen-bond donors (Lipinski definition) is 2. The largest absolute Gasteiger partial charge is 0.508 e. The summed E-state index contributed by atoms with van der Waals surface area (Å²) in [5, 5.41) is 9.25. The van der Waals surface area contributed by atoms with Crippen LogP contribution in [0.25, 0.3) is 0 Å². The van der Waals surface area contributed by atoms with Gasteiger partial charge < -0.3 is 5.11 Å². The van der Waals surface area contributed by atoms with Gasteiger partial charge in [0.1, 0.15) is 5.75 Å². The molecule has 2 aromatic carbocycles. The first-order valence-corrected chi connectivity index (χ1v) is 8.47. The molecular formula is C16H17NO3S. The Bertz CT molecular complexity index is 752. The summed E-state index contributed by atoms with van der Waals surface area (Å²) in [4.78, 5) is 0.147. The maximum absolute atomic E-state index is 12.4. The van der Waals surface area contributed by atoms with Gasteiger partial charge in [0.05, 0.1) is 10.6 Å². The van der Waals surface area contributed by atoms with E-state index >= 15 is 0 Å². The maximum atomic E-state index is 12.4. The fourth-order valence-corrected chi connectivity index (χ4v) is 3.80. The van der Waals surface area contributed by atoms with Crippen molar-refractivity contribution in [3.05, 3.63) is 53.6 Å². The number of phenolic OH excluding ortho intramolecular Hbond substituents is 1. The van der Waals surface area contributed by atoms with Crippen LogP contribution in [0.4, 0.5) is 5.69 Å². The molecule has 5 heteroatoms. The zero-order valence-corrected chi connectivity index (χ0v) is 12.4. The summed E-state index contributed by atoms with van der Waals surface area (Å²) < 4.78 is 27.5. The lowest BCUT2D eigenvalue weighted by atomic mass is 9.91. The Balaban J connectivity index is 1.94. The van der Waals surface area contributed by atoms with Gasteiger partial charge in [-0.1, -0.05) is 12.1 Å². The molecule has 0 aliphatic heterocycles. The molecule has 0 saturated heterocycles. The van der Waals surface area contributed by atoms with Crippen molar-refractivity contribution in [2.75, 3.05) is 4.72 Å². The van der Waals surface area contributed by atoms with E-state index in [1.165, 1.54) is 29.8 Å². The minimum absolute atomic E-state index is 0.0473. The van der Waals surface area contributed by atoms with Gasteiger partial charge in [0, 0.05) is 0 Å². The fourth-order valence-electron chi connectivity index (χ4n) is 2.71. The van der Waals surface area contributed by atoms with Gasteiger partial charge in [0.2, 0.25) is 0 Å². The fraction of sp³-hybridized carbons (Fsp3) is 0.250. The Hall–Kier alpha value is -2.01. The average molecular weight is 303 g/mol. The molecule has 0 bridgehead atoms. The molecule has 0 unspecified atom stereocenters. The molecule has 1 aliphatic carbocycles. The van der Waals surface area contributed by atoms with Gasteiger partial charge in [0.25, 0.3) is 10.0 Å². The number of nitrogens with one attached hydrogen (secondary N) is 1. The highest BCUT2D eigenvalue weighted by molar-refractivity contribution is 7.92. The van der Waals surface area contributed by atoms with Crippen molar-refractivity contribution in [3.8, 4) is 5.75 Å². The molecule has 0 radical (unpaired) electrons. The predicted molar refractivity (Wildman–Crippen MR) is 82.0 cm³/mol. The second kappa shape index (κ2) is 5.41. The Morgan fingerprint density at radius 2 is 1.67 bits per heavy atom. The molecule has 2 N–H and O–H groups in total. The van der Waals surface area contributed by atoms with Crippen LogP contribution in [0.15, 0.2) is 47.4 Å². The lowest BCUT2D eigenvalue weighted by Gasteiger charge is -2.20. The second-order valence-electron chi connectivity index (χ2n) is 5.25. The van der Waals surface area contributed by atoms with E-state index in [0.29, 0.717) is 5.69 Å². The van der Waals surface area contributed by atoms with E-state index in [9.17, 15) is 13.5 Å². The smallest absolute Gasteiger partial charge is 0.261 e. The molecule has 0 spiro atoms. The first-order valence-electron chi connectivity index (χ1n) is 6.99. The molecule has 1 aliphatic rings. The van der Waals surface area contributed by atoms with Gasteiger partial charge in [-0.3, -0.25) is 4.72 Å². The van der Waals surface area contributed by atoms with Gasteiger partial charge in [-0.15, -0.1) is 0 Å². The zero-order valence-electron chi connectivity index (χ0n) is 11.5. The molecule has 0 atom stereocenters. The van der Waals surface area contributed by atoms with Gasteiger partial charge >= 0.3 is 0 Å². The molecule has 2 aromatic rings. The lowest BCUT2D eigenvalue weighted by molar-refractivity contribution is 0.475. The SMILES string of the molecule is O=S(=O)(Nc1cccc2c1CCCC2)c1ccc(O)cc1. The van der Waals surface area contributed by atoms with Crippen LogP contribution in [0, 0.1) is 0 Å². The van der Waals surface area contributed by atoms with E-state index in [1.807, 2.05) is 12.1 Å². The summed E-state index contributed by atoms with van der Waals surface area (Å²) in [6, 6.07) is 11.3. The number of benzene rings is 2. The van der Waals surface area contributed by atoms with Crippen LogP contribution in [-0.2, 0) is 22.9 Å². The Kier molecular flexibility index (Phi) is 3.59. The van der Waals surface area contributed by atoms with E-state index in [-0.39, 0.29) is 10.6 Å². The molecule has 4 nitrogen and oxygen atoms in total. The Morgan fingerprint density at radius 1 is 0.952 bits per heavy atom. The summed E-state index contributed by atoms with van der Waals surface area (Å²) in [6.45, 7) is 0. The number of phenols is 1. The van der Waals surface area contributed by atoms with Crippen LogP contribution in [0.2, 0.25) is 0 Å². The highest BCUT2D eigenvalue weighted by Gasteiger charge is 2.18. The van der Waals surface area contributed by atoms with Gasteiger partial charge in [-0.05, 0) is 67.1 Å². The minimum atomic E-state index is -3.62. The quantitative estimate of drug-likeness (QED) is 0.915. The molecule has 0 amide bonds. The van der Waals surface area contributed by atoms with Crippen molar-refractivity contribution in [2.45, 2.75) is 30.6 Å². The van der Waals surface area contributed by atoms with Crippen LogP contribution in [-0.4, -0.2) is 13.5 Å². The number of rotatable bonds is 3. The molecular weight excluding hydrogens is 286 g/mol.